The lowest BCUT2D eigenvalue weighted by Gasteiger charge is -2.31. The fourth-order valence-electron chi connectivity index (χ4n) is 2.34. The molecule has 0 radical (unpaired) electrons. The first-order valence-electron chi connectivity index (χ1n) is 8.52. The van der Waals surface area contributed by atoms with Crippen molar-refractivity contribution in [2.45, 2.75) is 21.9 Å². The number of benzene rings is 2. The summed E-state index contributed by atoms with van der Waals surface area (Å²) in [5.74, 6) is -8.70. The van der Waals surface area contributed by atoms with Crippen molar-refractivity contribution in [3.63, 3.8) is 0 Å². The highest BCUT2D eigenvalue weighted by molar-refractivity contribution is 8.05. The molecule has 2 aromatic rings. The molecule has 0 saturated carbocycles. The van der Waals surface area contributed by atoms with Crippen LogP contribution in [0.5, 0.6) is 5.75 Å². The van der Waals surface area contributed by atoms with E-state index in [4.69, 9.17) is 0 Å². The second-order valence-electron chi connectivity index (χ2n) is 6.65. The highest BCUT2D eigenvalue weighted by atomic mass is 32.3. The van der Waals surface area contributed by atoms with Gasteiger partial charge < -0.3 is 4.18 Å². The topological polar surface area (TPSA) is 124 Å². The number of halogens is 9. The number of fused-ring (bicyclic) bond motifs is 1. The molecular formula is C16H10F9NO7S3. The van der Waals surface area contributed by atoms with Crippen LogP contribution >= 0.6 is 0 Å². The maximum Gasteiger partial charge on any atom is 0.512 e. The molecule has 0 heterocycles. The number of alkyl halides is 9. The first-order chi connectivity index (χ1) is 15.9. The van der Waals surface area contributed by atoms with Crippen LogP contribution in [0.15, 0.2) is 43.0 Å². The summed E-state index contributed by atoms with van der Waals surface area (Å²) in [4.78, 5) is 0. The molecule has 0 spiro atoms. The van der Waals surface area contributed by atoms with Gasteiger partial charge in [0.05, 0.1) is 0 Å². The van der Waals surface area contributed by atoms with Crippen LogP contribution in [0.3, 0.4) is 0 Å². The van der Waals surface area contributed by atoms with E-state index >= 15 is 0 Å². The van der Waals surface area contributed by atoms with Crippen LogP contribution in [0, 0.1) is 0 Å². The standard InChI is InChI=1S/C16H10F9NO7S3/c1-2-9-3-4-11-8-12(6-5-10(11)7-9)33-36(31,32)15(21,22)13(17,18)14(19,20)34(27,28)26-35(29,30)16(23,24)25/h2-8,26H,1H2. The van der Waals surface area contributed by atoms with Crippen molar-refractivity contribution in [2.75, 3.05) is 0 Å². The summed E-state index contributed by atoms with van der Waals surface area (Å²) in [6.45, 7) is 3.47. The molecule has 2 rings (SSSR count). The Morgan fingerprint density at radius 2 is 1.22 bits per heavy atom. The number of hydrogen-bond acceptors (Lipinski definition) is 7. The Balaban J connectivity index is 2.50. The Bertz CT molecular complexity index is 1520. The van der Waals surface area contributed by atoms with Crippen molar-refractivity contribution in [3.05, 3.63) is 48.5 Å². The lowest BCUT2D eigenvalue weighted by Crippen LogP contribution is -2.64. The maximum atomic E-state index is 14.2. The van der Waals surface area contributed by atoms with Crippen molar-refractivity contribution < 1.29 is 69.0 Å². The van der Waals surface area contributed by atoms with Gasteiger partial charge in [-0.05, 0) is 34.5 Å². The predicted octanol–water partition coefficient (Wildman–Crippen LogP) is 3.78. The molecule has 0 unspecified atom stereocenters. The highest BCUT2D eigenvalue weighted by Crippen LogP contribution is 2.51. The smallest absolute Gasteiger partial charge is 0.378 e. The molecule has 0 atom stereocenters. The molecule has 2 aromatic carbocycles. The molecule has 0 fully saturated rings. The summed E-state index contributed by atoms with van der Waals surface area (Å²) in [5.41, 5.74) is -6.12. The van der Waals surface area contributed by atoms with Gasteiger partial charge in [0.1, 0.15) is 5.75 Å². The molecule has 0 aliphatic heterocycles. The lowest BCUT2D eigenvalue weighted by molar-refractivity contribution is -0.245. The maximum absolute atomic E-state index is 14.2. The third kappa shape index (κ3) is 4.85. The van der Waals surface area contributed by atoms with Crippen LogP contribution in [0.25, 0.3) is 16.8 Å². The van der Waals surface area contributed by atoms with Gasteiger partial charge in [0.15, 0.2) is 0 Å². The van der Waals surface area contributed by atoms with Crippen LogP contribution in [-0.4, -0.2) is 47.2 Å². The van der Waals surface area contributed by atoms with Crippen LogP contribution in [0.4, 0.5) is 39.5 Å². The summed E-state index contributed by atoms with van der Waals surface area (Å²) in [7, 11) is -22.4. The van der Waals surface area contributed by atoms with Gasteiger partial charge in [0.2, 0.25) is 0 Å². The fourth-order valence-corrected chi connectivity index (χ4v) is 5.73. The Morgan fingerprint density at radius 3 is 1.72 bits per heavy atom. The van der Waals surface area contributed by atoms with E-state index in [1.165, 1.54) is 24.3 Å². The normalized spacial score (nSPS) is 14.6. The Kier molecular flexibility index (Phi) is 7.22. The van der Waals surface area contributed by atoms with Crippen molar-refractivity contribution in [3.8, 4) is 5.75 Å². The summed E-state index contributed by atoms with van der Waals surface area (Å²) in [5, 5.41) is -14.2. The van der Waals surface area contributed by atoms with E-state index in [2.05, 4.69) is 10.8 Å². The summed E-state index contributed by atoms with van der Waals surface area (Å²) >= 11 is 0. The highest BCUT2D eigenvalue weighted by Gasteiger charge is 2.83. The van der Waals surface area contributed by atoms with Crippen molar-refractivity contribution in [1.82, 2.24) is 4.13 Å². The molecule has 8 nitrogen and oxygen atoms in total. The summed E-state index contributed by atoms with van der Waals surface area (Å²) in [6.07, 6.45) is 1.39. The molecule has 0 aromatic heterocycles. The van der Waals surface area contributed by atoms with Gasteiger partial charge in [-0.15, -0.1) is 0 Å². The van der Waals surface area contributed by atoms with E-state index in [0.29, 0.717) is 23.1 Å². The van der Waals surface area contributed by atoms with Crippen LogP contribution in [0.2, 0.25) is 0 Å². The summed E-state index contributed by atoms with van der Waals surface area (Å²) < 4.78 is 191. The second-order valence-corrected chi connectivity index (χ2v) is 11.9. The Labute approximate surface area is 196 Å². The monoisotopic (exact) mass is 595 g/mol. The van der Waals surface area contributed by atoms with Crippen LogP contribution in [0.1, 0.15) is 5.56 Å². The number of rotatable bonds is 9. The van der Waals surface area contributed by atoms with E-state index in [1.807, 2.05) is 0 Å². The molecule has 0 saturated heterocycles. The Morgan fingerprint density at radius 1 is 0.722 bits per heavy atom. The first-order valence-corrected chi connectivity index (χ1v) is 12.9. The molecule has 36 heavy (non-hydrogen) atoms. The number of hydrogen-bond donors (Lipinski definition) is 1. The number of nitrogens with one attached hydrogen (secondary N) is 1. The van der Waals surface area contributed by atoms with Gasteiger partial charge in [0.25, 0.3) is 10.0 Å². The average Bonchev–Trinajstić information content (AvgIpc) is 2.70. The van der Waals surface area contributed by atoms with Crippen LogP contribution < -0.4 is 8.31 Å². The predicted molar refractivity (Wildman–Crippen MR) is 105 cm³/mol. The largest absolute Gasteiger partial charge is 0.512 e. The molecule has 0 aliphatic rings. The van der Waals surface area contributed by atoms with Crippen LogP contribution in [-0.2, 0) is 30.2 Å². The van der Waals surface area contributed by atoms with Gasteiger partial charge in [-0.1, -0.05) is 35.0 Å². The summed E-state index contributed by atoms with van der Waals surface area (Å²) in [6, 6.07) is 6.48. The molecule has 202 valence electrons. The van der Waals surface area contributed by atoms with Crippen molar-refractivity contribution in [1.29, 1.82) is 0 Å². The second kappa shape index (κ2) is 8.77. The van der Waals surface area contributed by atoms with E-state index in [9.17, 15) is 64.8 Å². The van der Waals surface area contributed by atoms with Crippen molar-refractivity contribution in [2.24, 2.45) is 0 Å². The lowest BCUT2D eigenvalue weighted by atomic mass is 10.1. The third-order valence-electron chi connectivity index (χ3n) is 4.18. The molecule has 20 heteroatoms. The molecule has 0 amide bonds. The van der Waals surface area contributed by atoms with E-state index in [0.717, 1.165) is 6.07 Å². The zero-order valence-corrected chi connectivity index (χ0v) is 19.2. The molecule has 0 aliphatic carbocycles. The SMILES string of the molecule is C=Cc1ccc2cc(OS(=O)(=O)C(F)(F)C(F)(F)C(F)(F)S(=O)(=O)NS(=O)(=O)C(F)(F)F)ccc2c1. The van der Waals surface area contributed by atoms with Crippen molar-refractivity contribution >= 4 is 47.0 Å². The molecule has 0 bridgehead atoms. The quantitative estimate of drug-likeness (QED) is 0.346. The Hall–Kier alpha value is -2.58. The number of sulfonamides is 2. The van der Waals surface area contributed by atoms with E-state index in [1.54, 1.807) is 0 Å². The van der Waals surface area contributed by atoms with Gasteiger partial charge >= 0.3 is 42.1 Å². The molecule has 1 N–H and O–H groups in total. The zero-order valence-electron chi connectivity index (χ0n) is 16.7. The zero-order chi connectivity index (χ0) is 28.2. The van der Waals surface area contributed by atoms with E-state index < -0.39 is 62.0 Å². The average molecular weight is 595 g/mol. The molecular weight excluding hydrogens is 585 g/mol. The fraction of sp³-hybridized carbons (Fsp3) is 0.250. The minimum absolute atomic E-state index is 0.0674. The van der Waals surface area contributed by atoms with Gasteiger partial charge in [-0.25, -0.2) is 16.8 Å². The first kappa shape index (κ1) is 29.6. The van der Waals surface area contributed by atoms with E-state index in [-0.39, 0.29) is 5.39 Å². The minimum Gasteiger partial charge on any atom is -0.378 e. The third-order valence-corrected chi connectivity index (χ3v) is 8.78. The van der Waals surface area contributed by atoms with Gasteiger partial charge in [-0.3, -0.25) is 0 Å². The minimum atomic E-state index is -7.86. The van der Waals surface area contributed by atoms with Gasteiger partial charge in [-0.2, -0.15) is 47.9 Å². The van der Waals surface area contributed by atoms with Gasteiger partial charge in [0, 0.05) is 0 Å².